The lowest BCUT2D eigenvalue weighted by Crippen LogP contribution is -2.25. The maximum Gasteiger partial charge on any atom is 0.163 e. The van der Waals surface area contributed by atoms with E-state index in [0.29, 0.717) is 30.3 Å². The first-order valence-electron chi connectivity index (χ1n) is 5.56. The highest BCUT2D eigenvalue weighted by atomic mass is 16.7. The van der Waals surface area contributed by atoms with Crippen molar-refractivity contribution in [3.8, 4) is 5.75 Å². The molecule has 0 saturated carbocycles. The van der Waals surface area contributed by atoms with Gasteiger partial charge in [0.2, 0.25) is 0 Å². The highest BCUT2D eigenvalue weighted by Gasteiger charge is 2.32. The van der Waals surface area contributed by atoms with Gasteiger partial charge in [-0.15, -0.1) is 0 Å². The normalized spacial score (nSPS) is 22.6. The summed E-state index contributed by atoms with van der Waals surface area (Å²) in [6.07, 6.45) is -0.0676. The summed E-state index contributed by atoms with van der Waals surface area (Å²) in [4.78, 5) is 0. The summed E-state index contributed by atoms with van der Waals surface area (Å²) in [7, 11) is 0. The maximum absolute atomic E-state index is 5.78. The zero-order valence-corrected chi connectivity index (χ0v) is 10.1. The number of anilines is 2. The van der Waals surface area contributed by atoms with Crippen LogP contribution in [0.25, 0.3) is 0 Å². The molecule has 1 aliphatic rings. The van der Waals surface area contributed by atoms with Crippen molar-refractivity contribution in [2.45, 2.75) is 25.7 Å². The molecule has 4 N–H and O–H groups in total. The molecule has 17 heavy (non-hydrogen) atoms. The van der Waals surface area contributed by atoms with E-state index in [2.05, 4.69) is 0 Å². The van der Waals surface area contributed by atoms with Crippen LogP contribution in [0, 0.1) is 0 Å². The Balaban J connectivity index is 1.90. The third kappa shape index (κ3) is 3.01. The molecule has 0 bridgehead atoms. The van der Waals surface area contributed by atoms with Gasteiger partial charge in [-0.05, 0) is 32.0 Å². The number of benzene rings is 1. The van der Waals surface area contributed by atoms with E-state index < -0.39 is 5.79 Å². The zero-order chi connectivity index (χ0) is 12.5. The predicted octanol–water partition coefficient (Wildman–Crippen LogP) is 1.38. The van der Waals surface area contributed by atoms with Crippen LogP contribution in [0.5, 0.6) is 5.75 Å². The second-order valence-corrected chi connectivity index (χ2v) is 4.56. The second kappa shape index (κ2) is 4.43. The number of hydrogen-bond acceptors (Lipinski definition) is 5. The summed E-state index contributed by atoms with van der Waals surface area (Å²) in [6, 6.07) is 5.18. The van der Waals surface area contributed by atoms with E-state index in [1.165, 1.54) is 0 Å². The van der Waals surface area contributed by atoms with Crippen molar-refractivity contribution in [1.82, 2.24) is 0 Å². The van der Waals surface area contributed by atoms with Crippen molar-refractivity contribution >= 4 is 11.4 Å². The van der Waals surface area contributed by atoms with Gasteiger partial charge in [-0.1, -0.05) is 0 Å². The van der Waals surface area contributed by atoms with Crippen LogP contribution in [-0.2, 0) is 9.47 Å². The standard InChI is InChI=1S/C12H18N2O3/c1-12(2)16-7-9(17-12)6-15-11-4-3-8(13)5-10(11)14/h3-5,9H,6-7,13-14H2,1-2H3. The molecule has 0 spiro atoms. The Hall–Kier alpha value is -1.46. The molecule has 1 atom stereocenters. The van der Waals surface area contributed by atoms with E-state index in [9.17, 15) is 0 Å². The highest BCUT2D eigenvalue weighted by molar-refractivity contribution is 5.60. The number of nitrogens with two attached hydrogens (primary N) is 2. The van der Waals surface area contributed by atoms with Crippen molar-refractivity contribution in [3.63, 3.8) is 0 Å². The lowest BCUT2D eigenvalue weighted by Gasteiger charge is -2.17. The van der Waals surface area contributed by atoms with Gasteiger partial charge >= 0.3 is 0 Å². The smallest absolute Gasteiger partial charge is 0.163 e. The summed E-state index contributed by atoms with van der Waals surface area (Å²) in [5.41, 5.74) is 12.5. The molecule has 94 valence electrons. The summed E-state index contributed by atoms with van der Waals surface area (Å²) in [6.45, 7) is 4.70. The van der Waals surface area contributed by atoms with Crippen LogP contribution in [-0.4, -0.2) is 25.1 Å². The zero-order valence-electron chi connectivity index (χ0n) is 10.1. The second-order valence-electron chi connectivity index (χ2n) is 4.56. The molecular formula is C12H18N2O3. The van der Waals surface area contributed by atoms with Crippen molar-refractivity contribution < 1.29 is 14.2 Å². The number of ether oxygens (including phenoxy) is 3. The Morgan fingerprint density at radius 3 is 2.76 bits per heavy atom. The van der Waals surface area contributed by atoms with Gasteiger partial charge in [-0.2, -0.15) is 0 Å². The summed E-state index contributed by atoms with van der Waals surface area (Å²) < 4.78 is 16.6. The Bertz CT molecular complexity index is 407. The van der Waals surface area contributed by atoms with Crippen LogP contribution in [0.2, 0.25) is 0 Å². The van der Waals surface area contributed by atoms with Gasteiger partial charge in [-0.25, -0.2) is 0 Å². The fraction of sp³-hybridized carbons (Fsp3) is 0.500. The van der Waals surface area contributed by atoms with Gasteiger partial charge in [0.1, 0.15) is 18.5 Å². The maximum atomic E-state index is 5.78. The van der Waals surface area contributed by atoms with Crippen molar-refractivity contribution in [3.05, 3.63) is 18.2 Å². The molecule has 0 aromatic heterocycles. The molecule has 0 amide bonds. The minimum Gasteiger partial charge on any atom is -0.489 e. The third-order valence-corrected chi connectivity index (χ3v) is 2.53. The van der Waals surface area contributed by atoms with Crippen molar-refractivity contribution in [1.29, 1.82) is 0 Å². The van der Waals surface area contributed by atoms with Crippen molar-refractivity contribution in [2.75, 3.05) is 24.7 Å². The lowest BCUT2D eigenvalue weighted by molar-refractivity contribution is -0.141. The van der Waals surface area contributed by atoms with Gasteiger partial charge < -0.3 is 25.7 Å². The van der Waals surface area contributed by atoms with Crippen LogP contribution >= 0.6 is 0 Å². The Labute approximate surface area is 101 Å². The van der Waals surface area contributed by atoms with Crippen LogP contribution < -0.4 is 16.2 Å². The van der Waals surface area contributed by atoms with Gasteiger partial charge in [-0.3, -0.25) is 0 Å². The van der Waals surface area contributed by atoms with E-state index in [1.54, 1.807) is 18.2 Å². The first kappa shape index (κ1) is 12.0. The first-order valence-corrected chi connectivity index (χ1v) is 5.56. The van der Waals surface area contributed by atoms with Gasteiger partial charge in [0.15, 0.2) is 5.79 Å². The summed E-state index contributed by atoms with van der Waals surface area (Å²) in [5, 5.41) is 0. The largest absolute Gasteiger partial charge is 0.489 e. The molecule has 1 aromatic carbocycles. The van der Waals surface area contributed by atoms with E-state index in [-0.39, 0.29) is 6.10 Å². The SMILES string of the molecule is CC1(C)OCC(COc2ccc(N)cc2N)O1. The molecule has 1 saturated heterocycles. The number of nitrogen functional groups attached to an aromatic ring is 2. The molecule has 5 heteroatoms. The van der Waals surface area contributed by atoms with Crippen LogP contribution in [0.4, 0.5) is 11.4 Å². The third-order valence-electron chi connectivity index (χ3n) is 2.53. The Morgan fingerprint density at radius 2 is 2.18 bits per heavy atom. The topological polar surface area (TPSA) is 79.7 Å². The highest BCUT2D eigenvalue weighted by Crippen LogP contribution is 2.26. The number of rotatable bonds is 3. The summed E-state index contributed by atoms with van der Waals surface area (Å²) in [5.74, 6) is 0.0910. The quantitative estimate of drug-likeness (QED) is 0.778. The fourth-order valence-corrected chi connectivity index (χ4v) is 1.73. The molecule has 2 rings (SSSR count). The molecule has 1 fully saturated rings. The minimum absolute atomic E-state index is 0.0676. The lowest BCUT2D eigenvalue weighted by atomic mass is 10.2. The molecule has 1 aromatic rings. The minimum atomic E-state index is -0.527. The molecular weight excluding hydrogens is 220 g/mol. The van der Waals surface area contributed by atoms with Crippen LogP contribution in [0.15, 0.2) is 18.2 Å². The average Bonchev–Trinajstić information content (AvgIpc) is 2.57. The molecule has 1 aliphatic heterocycles. The van der Waals surface area contributed by atoms with Gasteiger partial charge in [0, 0.05) is 5.69 Å². The van der Waals surface area contributed by atoms with E-state index >= 15 is 0 Å². The fourth-order valence-electron chi connectivity index (χ4n) is 1.73. The van der Waals surface area contributed by atoms with Gasteiger partial charge in [0.05, 0.1) is 12.3 Å². The average molecular weight is 238 g/mol. The van der Waals surface area contributed by atoms with E-state index in [0.717, 1.165) is 0 Å². The van der Waals surface area contributed by atoms with Crippen LogP contribution in [0.3, 0.4) is 0 Å². The monoisotopic (exact) mass is 238 g/mol. The number of hydrogen-bond donors (Lipinski definition) is 2. The molecule has 1 unspecified atom stereocenters. The Morgan fingerprint density at radius 1 is 1.41 bits per heavy atom. The van der Waals surface area contributed by atoms with Crippen LogP contribution in [0.1, 0.15) is 13.8 Å². The van der Waals surface area contributed by atoms with Gasteiger partial charge in [0.25, 0.3) is 0 Å². The molecule has 0 radical (unpaired) electrons. The molecule has 1 heterocycles. The van der Waals surface area contributed by atoms with E-state index in [1.807, 2.05) is 13.8 Å². The van der Waals surface area contributed by atoms with Crippen molar-refractivity contribution in [2.24, 2.45) is 0 Å². The first-order chi connectivity index (χ1) is 7.96. The van der Waals surface area contributed by atoms with E-state index in [4.69, 9.17) is 25.7 Å². The predicted molar refractivity (Wildman–Crippen MR) is 65.7 cm³/mol. The summed E-state index contributed by atoms with van der Waals surface area (Å²) >= 11 is 0. The molecule has 0 aliphatic carbocycles. The molecule has 5 nitrogen and oxygen atoms in total. The Kier molecular flexibility index (Phi) is 3.13.